The van der Waals surface area contributed by atoms with Crippen LogP contribution in [-0.2, 0) is 0 Å². The van der Waals surface area contributed by atoms with E-state index >= 15 is 0 Å². The van der Waals surface area contributed by atoms with E-state index in [1.165, 1.54) is 6.07 Å². The molecule has 0 aromatic heterocycles. The molecule has 1 N–H and O–H groups in total. The Labute approximate surface area is 90.3 Å². The van der Waals surface area contributed by atoms with Crippen molar-refractivity contribution in [3.63, 3.8) is 0 Å². The smallest absolute Gasteiger partial charge is 0.129 e. The zero-order chi connectivity index (χ0) is 11.3. The van der Waals surface area contributed by atoms with Gasteiger partial charge in [0, 0.05) is 12.1 Å². The first-order valence-electron chi connectivity index (χ1n) is 5.33. The number of aliphatic hydroxyl groups excluding tert-OH is 1. The third kappa shape index (κ3) is 3.29. The van der Waals surface area contributed by atoms with Gasteiger partial charge < -0.3 is 10.0 Å². The Balaban J connectivity index is 2.68. The maximum Gasteiger partial charge on any atom is 0.129 e. The van der Waals surface area contributed by atoms with E-state index in [-0.39, 0.29) is 5.82 Å². The molecule has 15 heavy (non-hydrogen) atoms. The highest BCUT2D eigenvalue weighted by molar-refractivity contribution is 5.19. The summed E-state index contributed by atoms with van der Waals surface area (Å²) in [6.45, 7) is 6.26. The molecule has 0 aliphatic carbocycles. The standard InChI is InChI=1S/C12H18FNO/c1-3-14(4-2)9-12(15)10-7-5-6-8-11(10)13/h5-8,12,15H,3-4,9H2,1-2H3/t12-/m0/s1. The molecule has 0 saturated heterocycles. The molecule has 0 fully saturated rings. The van der Waals surface area contributed by atoms with Crippen LogP contribution in [0.15, 0.2) is 24.3 Å². The molecule has 1 aromatic rings. The number of hydrogen-bond donors (Lipinski definition) is 1. The largest absolute Gasteiger partial charge is 0.387 e. The van der Waals surface area contributed by atoms with Gasteiger partial charge in [0.1, 0.15) is 5.82 Å². The van der Waals surface area contributed by atoms with Gasteiger partial charge in [0.05, 0.1) is 6.10 Å². The first-order valence-corrected chi connectivity index (χ1v) is 5.33. The number of aliphatic hydroxyl groups is 1. The first kappa shape index (κ1) is 12.1. The quantitative estimate of drug-likeness (QED) is 0.807. The van der Waals surface area contributed by atoms with Crippen molar-refractivity contribution in [1.29, 1.82) is 0 Å². The molecule has 1 rings (SSSR count). The number of nitrogens with zero attached hydrogens (tertiary/aromatic N) is 1. The Morgan fingerprint density at radius 1 is 1.27 bits per heavy atom. The van der Waals surface area contributed by atoms with E-state index in [4.69, 9.17) is 0 Å². The van der Waals surface area contributed by atoms with Gasteiger partial charge in [0.2, 0.25) is 0 Å². The number of rotatable bonds is 5. The van der Waals surface area contributed by atoms with Crippen LogP contribution < -0.4 is 0 Å². The Morgan fingerprint density at radius 3 is 2.40 bits per heavy atom. The molecule has 0 saturated carbocycles. The second-order valence-corrected chi connectivity index (χ2v) is 3.52. The minimum Gasteiger partial charge on any atom is -0.387 e. The van der Waals surface area contributed by atoms with Crippen molar-refractivity contribution in [3.8, 4) is 0 Å². The Morgan fingerprint density at radius 2 is 1.87 bits per heavy atom. The molecular weight excluding hydrogens is 193 g/mol. The molecule has 0 unspecified atom stereocenters. The van der Waals surface area contributed by atoms with Crippen molar-refractivity contribution in [1.82, 2.24) is 4.90 Å². The first-order chi connectivity index (χ1) is 7.19. The van der Waals surface area contributed by atoms with Crippen molar-refractivity contribution in [3.05, 3.63) is 35.6 Å². The summed E-state index contributed by atoms with van der Waals surface area (Å²) in [6, 6.07) is 6.37. The fraction of sp³-hybridized carbons (Fsp3) is 0.500. The Bertz CT molecular complexity index is 299. The highest BCUT2D eigenvalue weighted by Crippen LogP contribution is 2.17. The van der Waals surface area contributed by atoms with E-state index in [2.05, 4.69) is 4.90 Å². The van der Waals surface area contributed by atoms with E-state index < -0.39 is 6.10 Å². The fourth-order valence-corrected chi connectivity index (χ4v) is 1.57. The topological polar surface area (TPSA) is 23.5 Å². The van der Waals surface area contributed by atoms with Crippen molar-refractivity contribution >= 4 is 0 Å². The molecule has 2 nitrogen and oxygen atoms in total. The van der Waals surface area contributed by atoms with Crippen LogP contribution in [0.25, 0.3) is 0 Å². The predicted molar refractivity (Wildman–Crippen MR) is 59.1 cm³/mol. The van der Waals surface area contributed by atoms with E-state index in [1.54, 1.807) is 18.2 Å². The third-order valence-electron chi connectivity index (χ3n) is 2.59. The number of likely N-dealkylation sites (N-methyl/N-ethyl adjacent to an activating group) is 1. The SMILES string of the molecule is CCN(CC)C[C@H](O)c1ccccc1F. The molecule has 3 heteroatoms. The van der Waals surface area contributed by atoms with Gasteiger partial charge in [0.25, 0.3) is 0 Å². The van der Waals surface area contributed by atoms with Gasteiger partial charge >= 0.3 is 0 Å². The summed E-state index contributed by atoms with van der Waals surface area (Å²) in [5.41, 5.74) is 0.379. The lowest BCUT2D eigenvalue weighted by molar-refractivity contribution is 0.116. The summed E-state index contributed by atoms with van der Waals surface area (Å²) >= 11 is 0. The maximum absolute atomic E-state index is 13.3. The second-order valence-electron chi connectivity index (χ2n) is 3.52. The summed E-state index contributed by atoms with van der Waals surface area (Å²) in [5, 5.41) is 9.85. The molecule has 0 spiro atoms. The predicted octanol–water partition coefficient (Wildman–Crippen LogP) is 2.20. The van der Waals surface area contributed by atoms with Gasteiger partial charge in [-0.1, -0.05) is 32.0 Å². The van der Waals surface area contributed by atoms with Crippen LogP contribution in [0.3, 0.4) is 0 Å². The lowest BCUT2D eigenvalue weighted by Crippen LogP contribution is -2.28. The van der Waals surface area contributed by atoms with Gasteiger partial charge in [0.15, 0.2) is 0 Å². The van der Waals surface area contributed by atoms with Crippen LogP contribution >= 0.6 is 0 Å². The van der Waals surface area contributed by atoms with Crippen LogP contribution in [-0.4, -0.2) is 29.6 Å². The van der Waals surface area contributed by atoms with Gasteiger partial charge in [-0.15, -0.1) is 0 Å². The van der Waals surface area contributed by atoms with Crippen molar-refractivity contribution in [2.24, 2.45) is 0 Å². The van der Waals surface area contributed by atoms with Gasteiger partial charge in [-0.05, 0) is 19.2 Å². The highest BCUT2D eigenvalue weighted by atomic mass is 19.1. The van der Waals surface area contributed by atoms with Crippen LogP contribution in [0.4, 0.5) is 4.39 Å². The summed E-state index contributed by atoms with van der Waals surface area (Å²) in [6.07, 6.45) is -0.744. The molecule has 0 amide bonds. The van der Waals surface area contributed by atoms with E-state index in [0.717, 1.165) is 13.1 Å². The fourth-order valence-electron chi connectivity index (χ4n) is 1.57. The molecule has 0 aliphatic heterocycles. The molecule has 0 bridgehead atoms. The number of halogens is 1. The molecule has 1 atom stereocenters. The Hall–Kier alpha value is -0.930. The monoisotopic (exact) mass is 211 g/mol. The summed E-state index contributed by atoms with van der Waals surface area (Å²) in [5.74, 6) is -0.336. The van der Waals surface area contributed by atoms with E-state index in [1.807, 2.05) is 13.8 Å². The molecule has 0 heterocycles. The number of hydrogen-bond acceptors (Lipinski definition) is 2. The summed E-state index contributed by atoms with van der Waals surface area (Å²) in [4.78, 5) is 2.07. The highest BCUT2D eigenvalue weighted by Gasteiger charge is 2.14. The van der Waals surface area contributed by atoms with Crippen LogP contribution in [0.2, 0.25) is 0 Å². The normalized spacial score (nSPS) is 13.1. The molecule has 84 valence electrons. The van der Waals surface area contributed by atoms with Crippen molar-refractivity contribution < 1.29 is 9.50 Å². The van der Waals surface area contributed by atoms with Gasteiger partial charge in [-0.2, -0.15) is 0 Å². The van der Waals surface area contributed by atoms with Crippen molar-refractivity contribution in [2.75, 3.05) is 19.6 Å². The summed E-state index contributed by atoms with van der Waals surface area (Å²) < 4.78 is 13.3. The lowest BCUT2D eigenvalue weighted by atomic mass is 10.1. The average Bonchev–Trinajstić information content (AvgIpc) is 2.26. The number of benzene rings is 1. The van der Waals surface area contributed by atoms with Gasteiger partial charge in [-0.25, -0.2) is 4.39 Å². The van der Waals surface area contributed by atoms with Crippen LogP contribution in [0.5, 0.6) is 0 Å². The zero-order valence-electron chi connectivity index (χ0n) is 9.28. The molecular formula is C12H18FNO. The van der Waals surface area contributed by atoms with Crippen LogP contribution in [0.1, 0.15) is 25.5 Å². The molecule has 0 radical (unpaired) electrons. The van der Waals surface area contributed by atoms with Crippen molar-refractivity contribution in [2.45, 2.75) is 20.0 Å². The Kier molecular flexibility index (Phi) is 4.72. The minimum absolute atomic E-state index is 0.336. The summed E-state index contributed by atoms with van der Waals surface area (Å²) in [7, 11) is 0. The zero-order valence-corrected chi connectivity index (χ0v) is 9.28. The second kappa shape index (κ2) is 5.83. The minimum atomic E-state index is -0.744. The van der Waals surface area contributed by atoms with Crippen LogP contribution in [0, 0.1) is 5.82 Å². The van der Waals surface area contributed by atoms with E-state index in [9.17, 15) is 9.50 Å². The molecule has 0 aliphatic rings. The lowest BCUT2D eigenvalue weighted by Gasteiger charge is -2.22. The third-order valence-corrected chi connectivity index (χ3v) is 2.59. The molecule has 1 aromatic carbocycles. The average molecular weight is 211 g/mol. The maximum atomic E-state index is 13.3. The van der Waals surface area contributed by atoms with E-state index in [0.29, 0.717) is 12.1 Å². The van der Waals surface area contributed by atoms with Gasteiger partial charge in [-0.3, -0.25) is 0 Å².